The monoisotopic (exact) mass is 499 g/mol. The number of nitrogens with one attached hydrogen (secondary N) is 2. The van der Waals surface area contributed by atoms with Gasteiger partial charge in [-0.1, -0.05) is 6.07 Å². The van der Waals surface area contributed by atoms with Crippen LogP contribution in [0.1, 0.15) is 25.0 Å². The molecular formula is C25H30FN5O3S. The molecule has 1 aliphatic heterocycles. The molecular weight excluding hydrogens is 469 g/mol. The Morgan fingerprint density at radius 2 is 1.89 bits per heavy atom. The first kappa shape index (κ1) is 25.0. The number of rotatable bonds is 10. The summed E-state index contributed by atoms with van der Waals surface area (Å²) in [7, 11) is -1.66. The Morgan fingerprint density at radius 1 is 1.14 bits per heavy atom. The second-order valence-electron chi connectivity index (χ2n) is 8.81. The Hall–Kier alpha value is -3.08. The van der Waals surface area contributed by atoms with Gasteiger partial charge in [-0.05, 0) is 87.8 Å². The van der Waals surface area contributed by atoms with Gasteiger partial charge in [-0.2, -0.15) is 9.40 Å². The predicted octanol–water partition coefficient (Wildman–Crippen LogP) is 3.50. The molecule has 1 fully saturated rings. The number of hydrogen-bond acceptors (Lipinski definition) is 5. The van der Waals surface area contributed by atoms with Crippen molar-refractivity contribution >= 4 is 21.6 Å². The first-order valence-corrected chi connectivity index (χ1v) is 13.1. The molecule has 2 N–H and O–H groups in total. The molecule has 0 atom stereocenters. The van der Waals surface area contributed by atoms with Crippen LogP contribution < -0.4 is 5.32 Å². The van der Waals surface area contributed by atoms with Crippen LogP contribution in [0.25, 0.3) is 11.3 Å². The fourth-order valence-electron chi connectivity index (χ4n) is 4.13. The summed E-state index contributed by atoms with van der Waals surface area (Å²) in [5, 5.41) is 10.1. The van der Waals surface area contributed by atoms with Crippen molar-refractivity contribution in [3.8, 4) is 11.3 Å². The molecule has 0 bridgehead atoms. The summed E-state index contributed by atoms with van der Waals surface area (Å²) in [4.78, 5) is 14.6. The van der Waals surface area contributed by atoms with Crippen molar-refractivity contribution in [2.75, 3.05) is 38.5 Å². The summed E-state index contributed by atoms with van der Waals surface area (Å²) in [6, 6.07) is 14.6. The van der Waals surface area contributed by atoms with Crippen LogP contribution in [-0.4, -0.2) is 67.0 Å². The maximum Gasteiger partial charge on any atom is 0.243 e. The summed E-state index contributed by atoms with van der Waals surface area (Å²) in [6.07, 6.45) is 3.32. The van der Waals surface area contributed by atoms with Crippen LogP contribution in [0.3, 0.4) is 0 Å². The molecule has 35 heavy (non-hydrogen) atoms. The summed E-state index contributed by atoms with van der Waals surface area (Å²) in [5.41, 5.74) is 3.05. The highest BCUT2D eigenvalue weighted by atomic mass is 32.2. The standard InChI is InChI=1S/C25H30FN5O3S/c1-30(13-5-7-22-17-24(29-28-22)19-9-11-20(26)12-10-19)18-25(32)27-21-6-4-8-23(16-21)35(33,34)31-14-2-3-15-31/h4,6,8-12,16-17H,2-3,5,7,13-15,18H2,1H3,(H,27,32)(H,28,29). The Labute approximate surface area is 205 Å². The van der Waals surface area contributed by atoms with E-state index in [0.29, 0.717) is 25.3 Å². The number of aromatic amines is 1. The van der Waals surface area contributed by atoms with Crippen LogP contribution in [-0.2, 0) is 21.2 Å². The number of aromatic nitrogens is 2. The number of carbonyl (C=O) groups excluding carboxylic acids is 1. The lowest BCUT2D eigenvalue weighted by Gasteiger charge is -2.17. The summed E-state index contributed by atoms with van der Waals surface area (Å²) in [6.45, 7) is 1.96. The Bertz CT molecular complexity index is 1250. The van der Waals surface area contributed by atoms with Crippen LogP contribution in [0.4, 0.5) is 10.1 Å². The van der Waals surface area contributed by atoms with Crippen LogP contribution in [0.2, 0.25) is 0 Å². The normalized spacial score (nSPS) is 14.5. The molecule has 1 saturated heterocycles. The van der Waals surface area contributed by atoms with Gasteiger partial charge in [-0.25, -0.2) is 12.8 Å². The number of likely N-dealkylation sites (N-methyl/N-ethyl adjacent to an activating group) is 1. The Balaban J connectivity index is 1.24. The lowest BCUT2D eigenvalue weighted by atomic mass is 10.1. The van der Waals surface area contributed by atoms with Crippen molar-refractivity contribution in [1.29, 1.82) is 0 Å². The van der Waals surface area contributed by atoms with Crippen molar-refractivity contribution in [2.45, 2.75) is 30.6 Å². The smallest absolute Gasteiger partial charge is 0.243 e. The zero-order chi connectivity index (χ0) is 24.8. The number of carbonyl (C=O) groups is 1. The number of anilines is 1. The molecule has 0 aliphatic carbocycles. The van der Waals surface area contributed by atoms with Gasteiger partial charge in [0.2, 0.25) is 15.9 Å². The predicted molar refractivity (Wildman–Crippen MR) is 133 cm³/mol. The highest BCUT2D eigenvalue weighted by Crippen LogP contribution is 2.23. The maximum atomic E-state index is 13.1. The van der Waals surface area contributed by atoms with Gasteiger partial charge in [0.1, 0.15) is 5.82 Å². The average molecular weight is 500 g/mol. The number of sulfonamides is 1. The molecule has 0 saturated carbocycles. The number of aryl methyl sites for hydroxylation is 1. The SMILES string of the molecule is CN(CCCc1cc(-c2ccc(F)cc2)n[nH]1)CC(=O)Nc1cccc(S(=O)(=O)N2CCCC2)c1. The fourth-order valence-corrected chi connectivity index (χ4v) is 5.70. The summed E-state index contributed by atoms with van der Waals surface area (Å²) < 4.78 is 40.1. The van der Waals surface area contributed by atoms with E-state index >= 15 is 0 Å². The zero-order valence-electron chi connectivity index (χ0n) is 19.7. The minimum Gasteiger partial charge on any atom is -0.325 e. The third-order valence-electron chi connectivity index (χ3n) is 5.99. The van der Waals surface area contributed by atoms with Crippen molar-refractivity contribution in [2.24, 2.45) is 0 Å². The van der Waals surface area contributed by atoms with Gasteiger partial charge in [-0.3, -0.25) is 14.8 Å². The van der Waals surface area contributed by atoms with Crippen LogP contribution in [0.5, 0.6) is 0 Å². The molecule has 186 valence electrons. The molecule has 1 aliphatic rings. The van der Waals surface area contributed by atoms with E-state index in [9.17, 15) is 17.6 Å². The van der Waals surface area contributed by atoms with Gasteiger partial charge >= 0.3 is 0 Å². The van der Waals surface area contributed by atoms with E-state index in [1.54, 1.807) is 30.3 Å². The lowest BCUT2D eigenvalue weighted by Crippen LogP contribution is -2.31. The molecule has 10 heteroatoms. The molecule has 2 heterocycles. The van der Waals surface area contributed by atoms with Gasteiger partial charge < -0.3 is 5.32 Å². The number of benzene rings is 2. The van der Waals surface area contributed by atoms with Crippen LogP contribution in [0, 0.1) is 5.82 Å². The van der Waals surface area contributed by atoms with Crippen LogP contribution in [0.15, 0.2) is 59.5 Å². The van der Waals surface area contributed by atoms with E-state index in [-0.39, 0.29) is 23.2 Å². The van der Waals surface area contributed by atoms with E-state index in [2.05, 4.69) is 15.5 Å². The van der Waals surface area contributed by atoms with Crippen LogP contribution >= 0.6 is 0 Å². The second-order valence-corrected chi connectivity index (χ2v) is 10.8. The van der Waals surface area contributed by atoms with E-state index in [1.165, 1.54) is 22.5 Å². The minimum absolute atomic E-state index is 0.187. The van der Waals surface area contributed by atoms with Gasteiger partial charge in [0.25, 0.3) is 0 Å². The third kappa shape index (κ3) is 6.53. The van der Waals surface area contributed by atoms with Crippen molar-refractivity contribution < 1.29 is 17.6 Å². The topological polar surface area (TPSA) is 98.4 Å². The Kier molecular flexibility index (Phi) is 7.94. The number of H-pyrrole nitrogens is 1. The average Bonchev–Trinajstić information content (AvgIpc) is 3.53. The zero-order valence-corrected chi connectivity index (χ0v) is 20.5. The van der Waals surface area contributed by atoms with E-state index < -0.39 is 10.0 Å². The molecule has 0 radical (unpaired) electrons. The molecule has 4 rings (SSSR count). The molecule has 2 aromatic carbocycles. The largest absolute Gasteiger partial charge is 0.325 e. The van der Waals surface area contributed by atoms with Gasteiger partial charge in [-0.15, -0.1) is 0 Å². The number of hydrogen-bond donors (Lipinski definition) is 2. The highest BCUT2D eigenvalue weighted by Gasteiger charge is 2.27. The fraction of sp³-hybridized carbons (Fsp3) is 0.360. The van der Waals surface area contributed by atoms with Gasteiger partial charge in [0.05, 0.1) is 17.1 Å². The first-order valence-electron chi connectivity index (χ1n) is 11.7. The molecule has 0 unspecified atom stereocenters. The van der Waals surface area contributed by atoms with E-state index in [1.807, 2.05) is 18.0 Å². The van der Waals surface area contributed by atoms with Crippen molar-refractivity contribution in [3.63, 3.8) is 0 Å². The maximum absolute atomic E-state index is 13.1. The number of amides is 1. The summed E-state index contributed by atoms with van der Waals surface area (Å²) in [5.74, 6) is -0.486. The molecule has 1 aromatic heterocycles. The lowest BCUT2D eigenvalue weighted by molar-refractivity contribution is -0.117. The van der Waals surface area contributed by atoms with Gasteiger partial charge in [0, 0.05) is 30.0 Å². The minimum atomic E-state index is -3.53. The van der Waals surface area contributed by atoms with Gasteiger partial charge in [0.15, 0.2) is 0 Å². The van der Waals surface area contributed by atoms with E-state index in [4.69, 9.17) is 0 Å². The number of halogens is 1. The van der Waals surface area contributed by atoms with Crippen molar-refractivity contribution in [3.05, 3.63) is 66.1 Å². The molecule has 8 nitrogen and oxygen atoms in total. The highest BCUT2D eigenvalue weighted by molar-refractivity contribution is 7.89. The molecule has 3 aromatic rings. The number of nitrogens with zero attached hydrogens (tertiary/aromatic N) is 3. The quantitative estimate of drug-likeness (QED) is 0.445. The summed E-state index contributed by atoms with van der Waals surface area (Å²) >= 11 is 0. The van der Waals surface area contributed by atoms with Crippen molar-refractivity contribution in [1.82, 2.24) is 19.4 Å². The second kappa shape index (κ2) is 11.1. The third-order valence-corrected chi connectivity index (χ3v) is 7.89. The first-order chi connectivity index (χ1) is 16.8. The molecule has 0 spiro atoms. The van der Waals surface area contributed by atoms with E-state index in [0.717, 1.165) is 42.6 Å². The molecule has 1 amide bonds. The Morgan fingerprint density at radius 3 is 2.63 bits per heavy atom.